The molecule has 1 aromatic carbocycles. The van der Waals surface area contributed by atoms with Gasteiger partial charge in [-0.05, 0) is 31.0 Å². The van der Waals surface area contributed by atoms with Gasteiger partial charge in [0.25, 0.3) is 0 Å². The van der Waals surface area contributed by atoms with E-state index in [1.54, 1.807) is 6.07 Å². The average molecular weight is 343 g/mol. The molecule has 0 spiro atoms. The van der Waals surface area contributed by atoms with Crippen LogP contribution < -0.4 is 0 Å². The van der Waals surface area contributed by atoms with E-state index in [0.29, 0.717) is 11.0 Å². The Morgan fingerprint density at radius 3 is 2.68 bits per heavy atom. The Kier molecular flexibility index (Phi) is 3.39. The van der Waals surface area contributed by atoms with Crippen molar-refractivity contribution in [3.05, 3.63) is 29.0 Å². The van der Waals surface area contributed by atoms with Gasteiger partial charge in [0.2, 0.25) is 10.0 Å². The fraction of sp³-hybridized carbons (Fsp3) is 0.462. The minimum Gasteiger partial charge on any atom is -0.236 e. The molecule has 0 aliphatic heterocycles. The number of imidazole rings is 1. The smallest absolute Gasteiger partial charge is 0.236 e. The molecule has 2 aromatic rings. The summed E-state index contributed by atoms with van der Waals surface area (Å²) in [4.78, 5) is 4.19. The summed E-state index contributed by atoms with van der Waals surface area (Å²) < 4.78 is 27.6. The maximum absolute atomic E-state index is 12.7. The highest BCUT2D eigenvalue weighted by molar-refractivity contribution is 9.10. The van der Waals surface area contributed by atoms with Gasteiger partial charge in [0.15, 0.2) is 0 Å². The van der Waals surface area contributed by atoms with Crippen molar-refractivity contribution in [1.82, 2.24) is 8.96 Å². The zero-order valence-corrected chi connectivity index (χ0v) is 12.8. The molecule has 4 nitrogen and oxygen atoms in total. The first-order valence-corrected chi connectivity index (χ1v) is 8.75. The van der Waals surface area contributed by atoms with E-state index >= 15 is 0 Å². The number of fused-ring (bicyclic) bond motifs is 1. The summed E-state index contributed by atoms with van der Waals surface area (Å²) in [6.07, 6.45) is 6.10. The second kappa shape index (κ2) is 4.90. The van der Waals surface area contributed by atoms with Crippen molar-refractivity contribution in [2.45, 2.75) is 37.4 Å². The Morgan fingerprint density at radius 1 is 1.21 bits per heavy atom. The third kappa shape index (κ3) is 2.31. The van der Waals surface area contributed by atoms with Gasteiger partial charge in [-0.3, -0.25) is 0 Å². The van der Waals surface area contributed by atoms with Crippen LogP contribution in [-0.2, 0) is 10.0 Å². The van der Waals surface area contributed by atoms with E-state index in [0.717, 1.165) is 36.6 Å². The molecule has 102 valence electrons. The molecule has 0 N–H and O–H groups in total. The molecule has 1 aliphatic rings. The van der Waals surface area contributed by atoms with Gasteiger partial charge < -0.3 is 0 Å². The van der Waals surface area contributed by atoms with E-state index in [4.69, 9.17) is 0 Å². The quantitative estimate of drug-likeness (QED) is 0.841. The van der Waals surface area contributed by atoms with Crippen LogP contribution in [0.4, 0.5) is 0 Å². The highest BCUT2D eigenvalue weighted by Gasteiger charge is 2.29. The van der Waals surface area contributed by atoms with E-state index in [2.05, 4.69) is 20.9 Å². The Hall–Kier alpha value is -0.880. The summed E-state index contributed by atoms with van der Waals surface area (Å²) in [7, 11) is -3.32. The van der Waals surface area contributed by atoms with Crippen molar-refractivity contribution >= 4 is 37.0 Å². The van der Waals surface area contributed by atoms with Gasteiger partial charge in [-0.1, -0.05) is 35.2 Å². The van der Waals surface area contributed by atoms with Gasteiger partial charge in [-0.25, -0.2) is 17.4 Å². The molecular formula is C13H15BrN2O2S. The lowest BCUT2D eigenvalue weighted by atomic mass is 10.0. The maximum atomic E-state index is 12.7. The molecular weight excluding hydrogens is 328 g/mol. The molecule has 1 aromatic heterocycles. The van der Waals surface area contributed by atoms with Crippen LogP contribution in [0.2, 0.25) is 0 Å². The number of benzene rings is 1. The van der Waals surface area contributed by atoms with E-state index in [1.165, 1.54) is 10.3 Å². The number of hydrogen-bond acceptors (Lipinski definition) is 3. The number of aromatic nitrogens is 2. The normalized spacial score (nSPS) is 17.9. The zero-order valence-electron chi connectivity index (χ0n) is 10.4. The molecule has 6 heteroatoms. The number of hydrogen-bond donors (Lipinski definition) is 0. The monoisotopic (exact) mass is 342 g/mol. The zero-order chi connectivity index (χ0) is 13.5. The molecule has 1 aliphatic carbocycles. The van der Waals surface area contributed by atoms with Gasteiger partial charge in [0.1, 0.15) is 6.33 Å². The summed E-state index contributed by atoms with van der Waals surface area (Å²) >= 11 is 3.37. The van der Waals surface area contributed by atoms with Crippen molar-refractivity contribution in [2.24, 2.45) is 0 Å². The maximum Gasteiger partial charge on any atom is 0.243 e. The number of rotatable bonds is 2. The van der Waals surface area contributed by atoms with Crippen molar-refractivity contribution in [3.8, 4) is 0 Å². The predicted octanol–water partition coefficient (Wildman–Crippen LogP) is 3.31. The summed E-state index contributed by atoms with van der Waals surface area (Å²) in [6.45, 7) is 0. The van der Waals surface area contributed by atoms with Crippen LogP contribution in [0.5, 0.6) is 0 Å². The average Bonchev–Trinajstić information content (AvgIpc) is 2.83. The standard InChI is InChI=1S/C13H15BrN2O2S/c14-10-6-7-13-12(8-10)15-9-16(13)19(17,18)11-4-2-1-3-5-11/h6-9,11H,1-5H2. The Bertz CT molecular complexity index is 703. The van der Waals surface area contributed by atoms with E-state index in [-0.39, 0.29) is 5.25 Å². The molecule has 0 amide bonds. The summed E-state index contributed by atoms with van der Waals surface area (Å²) in [6, 6.07) is 5.48. The van der Waals surface area contributed by atoms with Crippen molar-refractivity contribution < 1.29 is 8.42 Å². The van der Waals surface area contributed by atoms with E-state index in [9.17, 15) is 8.42 Å². The van der Waals surface area contributed by atoms with Crippen LogP contribution in [0, 0.1) is 0 Å². The largest absolute Gasteiger partial charge is 0.243 e. The Balaban J connectivity index is 2.08. The molecule has 19 heavy (non-hydrogen) atoms. The van der Waals surface area contributed by atoms with Gasteiger partial charge in [-0.2, -0.15) is 0 Å². The van der Waals surface area contributed by atoms with Crippen molar-refractivity contribution in [1.29, 1.82) is 0 Å². The first-order chi connectivity index (χ1) is 9.09. The molecule has 1 saturated carbocycles. The Morgan fingerprint density at radius 2 is 1.95 bits per heavy atom. The van der Waals surface area contributed by atoms with Crippen LogP contribution in [0.1, 0.15) is 32.1 Å². The van der Waals surface area contributed by atoms with Crippen molar-refractivity contribution in [3.63, 3.8) is 0 Å². The van der Waals surface area contributed by atoms with E-state index < -0.39 is 10.0 Å². The first-order valence-electron chi connectivity index (χ1n) is 6.46. The first kappa shape index (κ1) is 13.1. The van der Waals surface area contributed by atoms with Crippen LogP contribution in [0.25, 0.3) is 11.0 Å². The second-order valence-corrected chi connectivity index (χ2v) is 7.98. The molecule has 0 atom stereocenters. The fourth-order valence-corrected chi connectivity index (χ4v) is 4.90. The number of halogens is 1. The fourth-order valence-electron chi connectivity index (χ4n) is 2.69. The van der Waals surface area contributed by atoms with Gasteiger partial charge in [-0.15, -0.1) is 0 Å². The molecule has 3 rings (SSSR count). The predicted molar refractivity (Wildman–Crippen MR) is 78.6 cm³/mol. The highest BCUT2D eigenvalue weighted by atomic mass is 79.9. The van der Waals surface area contributed by atoms with Crippen molar-refractivity contribution in [2.75, 3.05) is 0 Å². The minimum absolute atomic E-state index is 0.262. The van der Waals surface area contributed by atoms with Crippen LogP contribution in [0.15, 0.2) is 29.0 Å². The minimum atomic E-state index is -3.32. The topological polar surface area (TPSA) is 52.0 Å². The van der Waals surface area contributed by atoms with Gasteiger partial charge in [0, 0.05) is 4.47 Å². The highest BCUT2D eigenvalue weighted by Crippen LogP contribution is 2.28. The summed E-state index contributed by atoms with van der Waals surface area (Å²) in [5.74, 6) is 0. The lowest BCUT2D eigenvalue weighted by molar-refractivity contribution is 0.480. The van der Waals surface area contributed by atoms with Crippen LogP contribution in [-0.4, -0.2) is 22.6 Å². The summed E-state index contributed by atoms with van der Waals surface area (Å²) in [5, 5.41) is -0.262. The molecule has 1 fully saturated rings. The lowest BCUT2D eigenvalue weighted by Crippen LogP contribution is -2.29. The number of nitrogens with zero attached hydrogens (tertiary/aromatic N) is 2. The second-order valence-electron chi connectivity index (χ2n) is 4.98. The molecule has 0 unspecified atom stereocenters. The Labute approximate surface area is 121 Å². The summed E-state index contributed by atoms with van der Waals surface area (Å²) in [5.41, 5.74) is 1.36. The molecule has 0 radical (unpaired) electrons. The third-order valence-electron chi connectivity index (χ3n) is 3.72. The molecule has 1 heterocycles. The SMILES string of the molecule is O=S(=O)(C1CCCCC1)n1cnc2cc(Br)ccc21. The lowest BCUT2D eigenvalue weighted by Gasteiger charge is -2.22. The van der Waals surface area contributed by atoms with Crippen LogP contribution >= 0.6 is 15.9 Å². The van der Waals surface area contributed by atoms with Crippen LogP contribution in [0.3, 0.4) is 0 Å². The molecule has 0 bridgehead atoms. The van der Waals surface area contributed by atoms with Gasteiger partial charge in [0.05, 0.1) is 16.3 Å². The van der Waals surface area contributed by atoms with Gasteiger partial charge >= 0.3 is 0 Å². The van der Waals surface area contributed by atoms with E-state index in [1.807, 2.05) is 12.1 Å². The molecule has 0 saturated heterocycles. The third-order valence-corrected chi connectivity index (χ3v) is 6.37.